The van der Waals surface area contributed by atoms with Crippen molar-refractivity contribution >= 4 is 5.69 Å². The molecule has 3 nitrogen and oxygen atoms in total. The second kappa shape index (κ2) is 6.76. The van der Waals surface area contributed by atoms with Crippen molar-refractivity contribution in [1.29, 1.82) is 0 Å². The second-order valence-electron chi connectivity index (χ2n) is 4.73. The second-order valence-corrected chi connectivity index (χ2v) is 4.73. The van der Waals surface area contributed by atoms with Crippen LogP contribution in [0, 0.1) is 0 Å². The minimum Gasteiger partial charge on any atom is -0.384 e. The third kappa shape index (κ3) is 3.47. The zero-order chi connectivity index (χ0) is 12.8. The van der Waals surface area contributed by atoms with Gasteiger partial charge in [0.2, 0.25) is 0 Å². The number of anilines is 1. The van der Waals surface area contributed by atoms with Gasteiger partial charge >= 0.3 is 0 Å². The van der Waals surface area contributed by atoms with Crippen LogP contribution in [0.5, 0.6) is 0 Å². The van der Waals surface area contributed by atoms with Gasteiger partial charge in [0.1, 0.15) is 0 Å². The van der Waals surface area contributed by atoms with Gasteiger partial charge in [0.15, 0.2) is 0 Å². The summed E-state index contributed by atoms with van der Waals surface area (Å²) in [5.74, 6) is 0. The van der Waals surface area contributed by atoms with Gasteiger partial charge in [-0.1, -0.05) is 19.1 Å². The van der Waals surface area contributed by atoms with E-state index in [2.05, 4.69) is 35.3 Å². The third-order valence-corrected chi connectivity index (χ3v) is 3.49. The molecule has 1 heterocycles. The first kappa shape index (κ1) is 13.4. The minimum absolute atomic E-state index is 0.808. The van der Waals surface area contributed by atoms with Crippen LogP contribution < -0.4 is 5.32 Å². The molecule has 0 spiro atoms. The fourth-order valence-corrected chi connectivity index (χ4v) is 2.40. The average molecular weight is 248 g/mol. The highest BCUT2D eigenvalue weighted by atomic mass is 16.5. The lowest BCUT2D eigenvalue weighted by Gasteiger charge is -2.20. The Morgan fingerprint density at radius 1 is 1.33 bits per heavy atom. The predicted octanol–water partition coefficient (Wildman–Crippen LogP) is 2.51. The van der Waals surface area contributed by atoms with E-state index >= 15 is 0 Å². The molecule has 0 unspecified atom stereocenters. The summed E-state index contributed by atoms with van der Waals surface area (Å²) in [6.45, 7) is 10.1. The van der Waals surface area contributed by atoms with Gasteiger partial charge in [0.25, 0.3) is 0 Å². The molecule has 0 radical (unpaired) electrons. The highest BCUT2D eigenvalue weighted by Gasteiger charge is 2.11. The lowest BCUT2D eigenvalue weighted by atomic mass is 10.1. The molecule has 1 N–H and O–H groups in total. The first-order chi connectivity index (χ1) is 8.83. The molecule has 2 rings (SSSR count). The minimum atomic E-state index is 0.808. The fourth-order valence-electron chi connectivity index (χ4n) is 2.40. The molecule has 0 atom stereocenters. The summed E-state index contributed by atoms with van der Waals surface area (Å²) < 4.78 is 5.43. The van der Waals surface area contributed by atoms with E-state index in [1.54, 1.807) is 0 Å². The maximum absolute atomic E-state index is 5.43. The lowest BCUT2D eigenvalue weighted by Crippen LogP contribution is -2.27. The Bertz CT molecular complexity index is 379. The molecule has 0 aliphatic carbocycles. The van der Waals surface area contributed by atoms with Gasteiger partial charge in [-0.3, -0.25) is 4.90 Å². The number of fused-ring (bicyclic) bond motifs is 1. The van der Waals surface area contributed by atoms with E-state index in [0.717, 1.165) is 45.8 Å². The van der Waals surface area contributed by atoms with Crippen molar-refractivity contribution in [2.75, 3.05) is 38.2 Å². The van der Waals surface area contributed by atoms with Crippen LogP contribution in [0.2, 0.25) is 0 Å². The SMILES string of the molecule is CCOCCN(CC)Cc1ccc2c(c1)CCN2. The molecule has 0 saturated heterocycles. The molecule has 3 heteroatoms. The fraction of sp³-hybridized carbons (Fsp3) is 0.600. The smallest absolute Gasteiger partial charge is 0.0593 e. The highest BCUT2D eigenvalue weighted by molar-refractivity contribution is 5.56. The Kier molecular flexibility index (Phi) is 5.02. The Balaban J connectivity index is 1.90. The highest BCUT2D eigenvalue weighted by Crippen LogP contribution is 2.23. The van der Waals surface area contributed by atoms with Crippen molar-refractivity contribution < 1.29 is 4.74 Å². The largest absolute Gasteiger partial charge is 0.384 e. The van der Waals surface area contributed by atoms with Gasteiger partial charge in [0, 0.05) is 31.9 Å². The zero-order valence-electron chi connectivity index (χ0n) is 11.5. The van der Waals surface area contributed by atoms with E-state index in [-0.39, 0.29) is 0 Å². The van der Waals surface area contributed by atoms with Crippen molar-refractivity contribution in [1.82, 2.24) is 4.90 Å². The number of nitrogens with zero attached hydrogens (tertiary/aromatic N) is 1. The van der Waals surface area contributed by atoms with Crippen LogP contribution >= 0.6 is 0 Å². The average Bonchev–Trinajstić information content (AvgIpc) is 2.85. The summed E-state index contributed by atoms with van der Waals surface area (Å²) in [5.41, 5.74) is 4.19. The van der Waals surface area contributed by atoms with Crippen molar-refractivity contribution in [3.63, 3.8) is 0 Å². The van der Waals surface area contributed by atoms with E-state index in [0.29, 0.717) is 0 Å². The Morgan fingerprint density at radius 3 is 3.00 bits per heavy atom. The number of rotatable bonds is 7. The third-order valence-electron chi connectivity index (χ3n) is 3.49. The molecule has 18 heavy (non-hydrogen) atoms. The molecular weight excluding hydrogens is 224 g/mol. The number of hydrogen-bond donors (Lipinski definition) is 1. The molecule has 1 aliphatic heterocycles. The van der Waals surface area contributed by atoms with Crippen LogP contribution in [-0.4, -0.2) is 37.7 Å². The molecule has 0 saturated carbocycles. The van der Waals surface area contributed by atoms with E-state index in [4.69, 9.17) is 4.74 Å². The zero-order valence-corrected chi connectivity index (χ0v) is 11.5. The van der Waals surface area contributed by atoms with Crippen LogP contribution in [0.3, 0.4) is 0 Å². The molecule has 0 fully saturated rings. The van der Waals surface area contributed by atoms with Gasteiger partial charge in [0.05, 0.1) is 6.61 Å². The van der Waals surface area contributed by atoms with Crippen LogP contribution in [0.1, 0.15) is 25.0 Å². The molecule has 0 bridgehead atoms. The maximum atomic E-state index is 5.43. The summed E-state index contributed by atoms with van der Waals surface area (Å²) in [7, 11) is 0. The monoisotopic (exact) mass is 248 g/mol. The first-order valence-corrected chi connectivity index (χ1v) is 6.99. The van der Waals surface area contributed by atoms with Crippen molar-refractivity contribution in [2.45, 2.75) is 26.8 Å². The van der Waals surface area contributed by atoms with Crippen LogP contribution in [0.25, 0.3) is 0 Å². The molecule has 100 valence electrons. The number of ether oxygens (including phenoxy) is 1. The van der Waals surface area contributed by atoms with Gasteiger partial charge in [-0.15, -0.1) is 0 Å². The molecule has 1 aromatic carbocycles. The Hall–Kier alpha value is -1.06. The Labute approximate surface area is 110 Å². The number of nitrogens with one attached hydrogen (secondary N) is 1. The van der Waals surface area contributed by atoms with Crippen LogP contribution in [-0.2, 0) is 17.7 Å². The van der Waals surface area contributed by atoms with E-state index < -0.39 is 0 Å². The number of likely N-dealkylation sites (N-methyl/N-ethyl adjacent to an activating group) is 1. The normalized spacial score (nSPS) is 13.7. The van der Waals surface area contributed by atoms with Gasteiger partial charge in [-0.05, 0) is 37.1 Å². The molecule has 0 aromatic heterocycles. The van der Waals surface area contributed by atoms with E-state index in [9.17, 15) is 0 Å². The molecule has 0 amide bonds. The summed E-state index contributed by atoms with van der Waals surface area (Å²) in [6.07, 6.45) is 1.16. The number of hydrogen-bond acceptors (Lipinski definition) is 3. The van der Waals surface area contributed by atoms with Crippen molar-refractivity contribution in [3.8, 4) is 0 Å². The van der Waals surface area contributed by atoms with E-state index in [1.165, 1.54) is 16.8 Å². The summed E-state index contributed by atoms with van der Waals surface area (Å²) >= 11 is 0. The van der Waals surface area contributed by atoms with Crippen LogP contribution in [0.15, 0.2) is 18.2 Å². The summed E-state index contributed by atoms with van der Waals surface area (Å²) in [4.78, 5) is 2.43. The number of benzene rings is 1. The Morgan fingerprint density at radius 2 is 2.22 bits per heavy atom. The van der Waals surface area contributed by atoms with Crippen LogP contribution in [0.4, 0.5) is 5.69 Å². The molecule has 1 aliphatic rings. The van der Waals surface area contributed by atoms with Gasteiger partial charge in [-0.2, -0.15) is 0 Å². The van der Waals surface area contributed by atoms with Crippen molar-refractivity contribution in [3.05, 3.63) is 29.3 Å². The van der Waals surface area contributed by atoms with Gasteiger partial charge < -0.3 is 10.1 Å². The molecule has 1 aromatic rings. The quantitative estimate of drug-likeness (QED) is 0.750. The lowest BCUT2D eigenvalue weighted by molar-refractivity contribution is 0.113. The van der Waals surface area contributed by atoms with Crippen molar-refractivity contribution in [2.24, 2.45) is 0 Å². The van der Waals surface area contributed by atoms with E-state index in [1.807, 2.05) is 6.92 Å². The summed E-state index contributed by atoms with van der Waals surface area (Å²) in [6, 6.07) is 6.80. The summed E-state index contributed by atoms with van der Waals surface area (Å²) in [5, 5.41) is 3.40. The topological polar surface area (TPSA) is 24.5 Å². The predicted molar refractivity (Wildman–Crippen MR) is 76.1 cm³/mol. The van der Waals surface area contributed by atoms with Gasteiger partial charge in [-0.25, -0.2) is 0 Å². The standard InChI is InChI=1S/C15H24N2O/c1-3-17(9-10-18-4-2)12-13-5-6-15-14(11-13)7-8-16-15/h5-6,11,16H,3-4,7-10,12H2,1-2H3. The maximum Gasteiger partial charge on any atom is 0.0593 e. The first-order valence-electron chi connectivity index (χ1n) is 6.99. The molecular formula is C15H24N2O.